The lowest BCUT2D eigenvalue weighted by molar-refractivity contribution is 0.179. The number of guanidine groups is 1. The summed E-state index contributed by atoms with van der Waals surface area (Å²) in [6, 6.07) is 6.15. The predicted molar refractivity (Wildman–Crippen MR) is 116 cm³/mol. The lowest BCUT2D eigenvalue weighted by Crippen LogP contribution is -2.43. The van der Waals surface area contributed by atoms with E-state index in [-0.39, 0.29) is 6.04 Å². The van der Waals surface area contributed by atoms with Gasteiger partial charge in [-0.2, -0.15) is 0 Å². The summed E-state index contributed by atoms with van der Waals surface area (Å²) >= 11 is 0. The van der Waals surface area contributed by atoms with E-state index in [0.29, 0.717) is 19.8 Å². The highest BCUT2D eigenvalue weighted by atomic mass is 16.5. The standard InChI is InChI=1S/C21H38N4O3/c1-7-22-21(24-17(4)16-26-5)23-15-18-10-11-19(20(14-18)27-6)28-13-12-25(8-2)9-3/h10-11,14,17H,7-9,12-13,15-16H2,1-6H3,(H2,22,23,24). The molecule has 0 heterocycles. The van der Waals surface area contributed by atoms with Gasteiger partial charge in [-0.05, 0) is 44.6 Å². The zero-order valence-electron chi connectivity index (χ0n) is 18.4. The summed E-state index contributed by atoms with van der Waals surface area (Å²) < 4.78 is 16.6. The smallest absolute Gasteiger partial charge is 0.191 e. The third-order valence-corrected chi connectivity index (χ3v) is 4.35. The fourth-order valence-electron chi connectivity index (χ4n) is 2.77. The van der Waals surface area contributed by atoms with Gasteiger partial charge < -0.3 is 29.7 Å². The Bertz CT molecular complexity index is 577. The molecule has 0 fully saturated rings. The lowest BCUT2D eigenvalue weighted by atomic mass is 10.2. The molecule has 0 aliphatic carbocycles. The van der Waals surface area contributed by atoms with E-state index in [0.717, 1.165) is 49.2 Å². The van der Waals surface area contributed by atoms with E-state index in [1.54, 1.807) is 14.2 Å². The second kappa shape index (κ2) is 14.1. The maximum Gasteiger partial charge on any atom is 0.191 e. The molecule has 0 saturated carbocycles. The number of benzene rings is 1. The highest BCUT2D eigenvalue weighted by molar-refractivity contribution is 5.80. The van der Waals surface area contributed by atoms with Crippen LogP contribution in [0, 0.1) is 0 Å². The normalized spacial score (nSPS) is 12.8. The second-order valence-corrected chi connectivity index (χ2v) is 6.56. The molecule has 7 heteroatoms. The molecular weight excluding hydrogens is 356 g/mol. The average Bonchev–Trinajstić information content (AvgIpc) is 2.70. The van der Waals surface area contributed by atoms with Crippen LogP contribution in [0.25, 0.3) is 0 Å². The third-order valence-electron chi connectivity index (χ3n) is 4.35. The zero-order valence-corrected chi connectivity index (χ0v) is 18.4. The van der Waals surface area contributed by atoms with Crippen molar-refractivity contribution in [1.82, 2.24) is 15.5 Å². The molecule has 2 N–H and O–H groups in total. The van der Waals surface area contributed by atoms with E-state index >= 15 is 0 Å². The van der Waals surface area contributed by atoms with Gasteiger partial charge in [0.2, 0.25) is 0 Å². The molecule has 28 heavy (non-hydrogen) atoms. The second-order valence-electron chi connectivity index (χ2n) is 6.56. The number of hydrogen-bond donors (Lipinski definition) is 2. The first-order valence-corrected chi connectivity index (χ1v) is 10.1. The van der Waals surface area contributed by atoms with Crippen molar-refractivity contribution in [2.24, 2.45) is 4.99 Å². The monoisotopic (exact) mass is 394 g/mol. The first-order chi connectivity index (χ1) is 13.6. The highest BCUT2D eigenvalue weighted by Crippen LogP contribution is 2.28. The van der Waals surface area contributed by atoms with Crippen LogP contribution in [0.4, 0.5) is 0 Å². The summed E-state index contributed by atoms with van der Waals surface area (Å²) in [6.45, 7) is 14.0. The number of nitrogens with one attached hydrogen (secondary N) is 2. The minimum atomic E-state index is 0.180. The van der Waals surface area contributed by atoms with Crippen LogP contribution in [0.15, 0.2) is 23.2 Å². The minimum Gasteiger partial charge on any atom is -0.493 e. The fourth-order valence-corrected chi connectivity index (χ4v) is 2.77. The van der Waals surface area contributed by atoms with Crippen molar-refractivity contribution < 1.29 is 14.2 Å². The number of hydrogen-bond acceptors (Lipinski definition) is 5. The summed E-state index contributed by atoms with van der Waals surface area (Å²) in [4.78, 5) is 6.98. The van der Waals surface area contributed by atoms with E-state index in [1.807, 2.05) is 25.1 Å². The Kier molecular flexibility index (Phi) is 12.1. The summed E-state index contributed by atoms with van der Waals surface area (Å²) in [6.07, 6.45) is 0. The van der Waals surface area contributed by atoms with Gasteiger partial charge in [0, 0.05) is 26.2 Å². The SMILES string of the molecule is CCNC(=NCc1ccc(OCCN(CC)CC)c(OC)c1)NC(C)COC. The molecule has 1 atom stereocenters. The quantitative estimate of drug-likeness (QED) is 0.396. The summed E-state index contributed by atoms with van der Waals surface area (Å²) in [7, 11) is 3.36. The van der Waals surface area contributed by atoms with Crippen LogP contribution in [-0.2, 0) is 11.3 Å². The molecule has 0 radical (unpaired) electrons. The van der Waals surface area contributed by atoms with Gasteiger partial charge in [-0.15, -0.1) is 0 Å². The Labute approximate surface area is 170 Å². The topological polar surface area (TPSA) is 67.4 Å². The van der Waals surface area contributed by atoms with Gasteiger partial charge in [-0.1, -0.05) is 19.9 Å². The van der Waals surface area contributed by atoms with Gasteiger partial charge in [-0.25, -0.2) is 4.99 Å². The summed E-state index contributed by atoms with van der Waals surface area (Å²) in [5.41, 5.74) is 1.06. The molecule has 1 rings (SSSR count). The molecular formula is C21H38N4O3. The van der Waals surface area contributed by atoms with Gasteiger partial charge >= 0.3 is 0 Å². The Morgan fingerprint density at radius 3 is 2.50 bits per heavy atom. The largest absolute Gasteiger partial charge is 0.493 e. The van der Waals surface area contributed by atoms with Crippen molar-refractivity contribution in [3.05, 3.63) is 23.8 Å². The van der Waals surface area contributed by atoms with Crippen molar-refractivity contribution >= 4 is 5.96 Å². The first kappa shape index (κ1) is 24.0. The van der Waals surface area contributed by atoms with E-state index < -0.39 is 0 Å². The Hall–Kier alpha value is -1.99. The van der Waals surface area contributed by atoms with Crippen LogP contribution < -0.4 is 20.1 Å². The molecule has 0 aliphatic heterocycles. The minimum absolute atomic E-state index is 0.180. The molecule has 0 spiro atoms. The van der Waals surface area contributed by atoms with Crippen LogP contribution in [0.5, 0.6) is 11.5 Å². The highest BCUT2D eigenvalue weighted by Gasteiger charge is 2.08. The molecule has 0 bridgehead atoms. The Morgan fingerprint density at radius 2 is 1.89 bits per heavy atom. The lowest BCUT2D eigenvalue weighted by Gasteiger charge is -2.19. The molecule has 1 aromatic rings. The van der Waals surface area contributed by atoms with Crippen molar-refractivity contribution in [2.45, 2.75) is 40.3 Å². The van der Waals surface area contributed by atoms with E-state index in [2.05, 4.69) is 41.3 Å². The van der Waals surface area contributed by atoms with Gasteiger partial charge in [0.25, 0.3) is 0 Å². The number of methoxy groups -OCH3 is 2. The van der Waals surface area contributed by atoms with E-state index in [4.69, 9.17) is 14.2 Å². The van der Waals surface area contributed by atoms with E-state index in [1.165, 1.54) is 0 Å². The van der Waals surface area contributed by atoms with Crippen molar-refractivity contribution in [3.8, 4) is 11.5 Å². The molecule has 0 saturated heterocycles. The molecule has 0 amide bonds. The molecule has 1 unspecified atom stereocenters. The Morgan fingerprint density at radius 1 is 1.14 bits per heavy atom. The van der Waals surface area contributed by atoms with Gasteiger partial charge in [0.05, 0.1) is 20.3 Å². The van der Waals surface area contributed by atoms with Gasteiger partial charge in [0.1, 0.15) is 6.61 Å². The molecule has 0 aliphatic rings. The fraction of sp³-hybridized carbons (Fsp3) is 0.667. The van der Waals surface area contributed by atoms with Crippen molar-refractivity contribution in [1.29, 1.82) is 0 Å². The molecule has 1 aromatic carbocycles. The number of ether oxygens (including phenoxy) is 3. The average molecular weight is 395 g/mol. The first-order valence-electron chi connectivity index (χ1n) is 10.1. The maximum absolute atomic E-state index is 5.92. The number of likely N-dealkylation sites (N-methyl/N-ethyl adjacent to an activating group) is 1. The number of rotatable bonds is 13. The Balaban J connectivity index is 2.72. The van der Waals surface area contributed by atoms with Crippen LogP contribution >= 0.6 is 0 Å². The van der Waals surface area contributed by atoms with Crippen LogP contribution in [0.1, 0.15) is 33.3 Å². The summed E-state index contributed by atoms with van der Waals surface area (Å²) in [5.74, 6) is 2.27. The summed E-state index contributed by atoms with van der Waals surface area (Å²) in [5, 5.41) is 6.59. The van der Waals surface area contributed by atoms with Crippen LogP contribution in [0.3, 0.4) is 0 Å². The van der Waals surface area contributed by atoms with Crippen molar-refractivity contribution in [2.75, 3.05) is 53.6 Å². The van der Waals surface area contributed by atoms with Gasteiger partial charge in [0.15, 0.2) is 17.5 Å². The maximum atomic E-state index is 5.92. The third kappa shape index (κ3) is 8.80. The van der Waals surface area contributed by atoms with Crippen molar-refractivity contribution in [3.63, 3.8) is 0 Å². The molecule has 7 nitrogen and oxygen atoms in total. The van der Waals surface area contributed by atoms with Crippen LogP contribution in [-0.4, -0.2) is 70.5 Å². The number of nitrogens with zero attached hydrogens (tertiary/aromatic N) is 2. The number of aliphatic imine (C=N–C) groups is 1. The van der Waals surface area contributed by atoms with E-state index in [9.17, 15) is 0 Å². The zero-order chi connectivity index (χ0) is 20.8. The molecule has 160 valence electrons. The predicted octanol–water partition coefficient (Wildman–Crippen LogP) is 2.51. The molecule has 0 aromatic heterocycles. The van der Waals surface area contributed by atoms with Gasteiger partial charge in [-0.3, -0.25) is 0 Å². The van der Waals surface area contributed by atoms with Crippen LogP contribution in [0.2, 0.25) is 0 Å².